The lowest BCUT2D eigenvalue weighted by Gasteiger charge is -2.09. The first-order valence-electron chi connectivity index (χ1n) is 11.8. The van der Waals surface area contributed by atoms with Gasteiger partial charge in [0.2, 0.25) is 0 Å². The van der Waals surface area contributed by atoms with E-state index >= 15 is 0 Å². The summed E-state index contributed by atoms with van der Waals surface area (Å²) in [6, 6.07) is 15.8. The summed E-state index contributed by atoms with van der Waals surface area (Å²) in [6.45, 7) is 4.47. The number of hydrogen-bond donors (Lipinski definition) is 0. The van der Waals surface area contributed by atoms with Gasteiger partial charge in [-0.15, -0.1) is 0 Å². The van der Waals surface area contributed by atoms with E-state index in [9.17, 15) is 4.57 Å². The quantitative estimate of drug-likeness (QED) is 0.198. The molecule has 0 heterocycles. The molecule has 0 saturated carbocycles. The Morgan fingerprint density at radius 3 is 1.30 bits per heavy atom. The van der Waals surface area contributed by atoms with Gasteiger partial charge in [-0.1, -0.05) is 89.5 Å². The fraction of sp³-hybridized carbons (Fsp3) is 0.538. The van der Waals surface area contributed by atoms with Gasteiger partial charge in [-0.2, -0.15) is 0 Å². The summed E-state index contributed by atoms with van der Waals surface area (Å²) in [4.78, 5) is 0. The standard InChI is InChI=1S/C26H39O3P/c1-3-5-7-9-11-13-23-15-19-25(20-16-23)28-30(27)29-26-21-17-24(18-22-26)14-12-10-8-6-4-2/h15-22,30H,3-14H2,1-2H3. The lowest BCUT2D eigenvalue weighted by atomic mass is 10.1. The van der Waals surface area contributed by atoms with Gasteiger partial charge in [-0.3, -0.25) is 0 Å². The van der Waals surface area contributed by atoms with Crippen molar-refractivity contribution in [1.29, 1.82) is 0 Å². The van der Waals surface area contributed by atoms with Crippen molar-refractivity contribution in [2.24, 2.45) is 0 Å². The van der Waals surface area contributed by atoms with E-state index in [0.29, 0.717) is 11.5 Å². The van der Waals surface area contributed by atoms with Crippen LogP contribution in [-0.4, -0.2) is 0 Å². The molecule has 0 radical (unpaired) electrons. The summed E-state index contributed by atoms with van der Waals surface area (Å²) >= 11 is 0. The zero-order valence-corrected chi connectivity index (χ0v) is 19.8. The minimum atomic E-state index is -2.62. The third kappa shape index (κ3) is 10.3. The number of rotatable bonds is 16. The summed E-state index contributed by atoms with van der Waals surface area (Å²) < 4.78 is 23.2. The third-order valence-electron chi connectivity index (χ3n) is 5.39. The normalized spacial score (nSPS) is 11.0. The molecule has 0 amide bonds. The van der Waals surface area contributed by atoms with Crippen LogP contribution in [0.4, 0.5) is 0 Å². The van der Waals surface area contributed by atoms with Crippen molar-refractivity contribution in [3.05, 3.63) is 59.7 Å². The second-order valence-corrected chi connectivity index (χ2v) is 8.98. The molecule has 0 fully saturated rings. The van der Waals surface area contributed by atoms with Crippen LogP contribution in [0.1, 0.15) is 89.2 Å². The Bertz CT molecular complexity index is 649. The molecular weight excluding hydrogens is 391 g/mol. The van der Waals surface area contributed by atoms with Crippen molar-refractivity contribution >= 4 is 8.25 Å². The molecule has 2 aromatic rings. The van der Waals surface area contributed by atoms with E-state index in [2.05, 4.69) is 38.1 Å². The maximum atomic E-state index is 12.2. The molecule has 0 saturated heterocycles. The zero-order valence-electron chi connectivity index (χ0n) is 18.8. The highest BCUT2D eigenvalue weighted by atomic mass is 31.1. The molecule has 0 aliphatic rings. The molecule has 0 aliphatic heterocycles. The molecule has 2 rings (SSSR count). The minimum absolute atomic E-state index is 0.595. The van der Waals surface area contributed by atoms with Gasteiger partial charge < -0.3 is 9.05 Å². The molecule has 0 atom stereocenters. The number of benzene rings is 2. The lowest BCUT2D eigenvalue weighted by molar-refractivity contribution is 0.415. The summed E-state index contributed by atoms with van der Waals surface area (Å²) in [7, 11) is -2.62. The number of unbranched alkanes of at least 4 members (excludes halogenated alkanes) is 8. The number of aryl methyl sites for hydroxylation is 2. The Labute approximate surface area is 184 Å². The van der Waals surface area contributed by atoms with E-state index in [1.165, 1.54) is 75.3 Å². The summed E-state index contributed by atoms with van der Waals surface area (Å²) in [5.74, 6) is 1.19. The van der Waals surface area contributed by atoms with Gasteiger partial charge in [0, 0.05) is 0 Å². The van der Waals surface area contributed by atoms with Gasteiger partial charge >= 0.3 is 8.25 Å². The Kier molecular flexibility index (Phi) is 12.4. The van der Waals surface area contributed by atoms with Crippen LogP contribution in [0.2, 0.25) is 0 Å². The summed E-state index contributed by atoms with van der Waals surface area (Å²) in [5.41, 5.74) is 2.59. The fourth-order valence-electron chi connectivity index (χ4n) is 3.53. The molecule has 3 nitrogen and oxygen atoms in total. The second kappa shape index (κ2) is 15.1. The van der Waals surface area contributed by atoms with E-state index in [0.717, 1.165) is 12.8 Å². The van der Waals surface area contributed by atoms with E-state index < -0.39 is 8.25 Å². The highest BCUT2D eigenvalue weighted by Gasteiger charge is 2.05. The van der Waals surface area contributed by atoms with Crippen LogP contribution in [0, 0.1) is 0 Å². The van der Waals surface area contributed by atoms with Crippen molar-refractivity contribution in [2.45, 2.75) is 90.9 Å². The Hall–Kier alpha value is -1.73. The number of hydrogen-bond acceptors (Lipinski definition) is 3. The van der Waals surface area contributed by atoms with Crippen LogP contribution in [-0.2, 0) is 17.4 Å². The average Bonchev–Trinajstić information content (AvgIpc) is 2.76. The predicted octanol–water partition coefficient (Wildman–Crippen LogP) is 8.56. The van der Waals surface area contributed by atoms with Crippen molar-refractivity contribution in [1.82, 2.24) is 0 Å². The molecule has 0 spiro atoms. The maximum Gasteiger partial charge on any atom is 0.418 e. The SMILES string of the molecule is CCCCCCCc1ccc(O[PH](=O)Oc2ccc(CCCCCCC)cc2)cc1. The van der Waals surface area contributed by atoms with E-state index in [1.54, 1.807) is 0 Å². The van der Waals surface area contributed by atoms with Crippen LogP contribution < -0.4 is 9.05 Å². The average molecular weight is 431 g/mol. The van der Waals surface area contributed by atoms with E-state index in [4.69, 9.17) is 9.05 Å². The third-order valence-corrected chi connectivity index (χ3v) is 6.19. The Balaban J connectivity index is 1.69. The minimum Gasteiger partial charge on any atom is -0.418 e. The maximum absolute atomic E-state index is 12.2. The van der Waals surface area contributed by atoms with Crippen LogP contribution in [0.3, 0.4) is 0 Å². The van der Waals surface area contributed by atoms with Gasteiger partial charge in [0.05, 0.1) is 0 Å². The molecule has 0 bridgehead atoms. The van der Waals surface area contributed by atoms with Gasteiger partial charge in [0.15, 0.2) is 0 Å². The van der Waals surface area contributed by atoms with Crippen molar-refractivity contribution < 1.29 is 13.6 Å². The van der Waals surface area contributed by atoms with E-state index in [-0.39, 0.29) is 0 Å². The van der Waals surface area contributed by atoms with Crippen LogP contribution >= 0.6 is 8.25 Å². The smallest absolute Gasteiger partial charge is 0.418 e. The first-order valence-corrected chi connectivity index (χ1v) is 13.0. The first kappa shape index (κ1) is 24.5. The van der Waals surface area contributed by atoms with Gasteiger partial charge in [-0.25, -0.2) is 4.57 Å². The van der Waals surface area contributed by atoms with Gasteiger partial charge in [0.25, 0.3) is 0 Å². The topological polar surface area (TPSA) is 35.5 Å². The van der Waals surface area contributed by atoms with Crippen LogP contribution in [0.15, 0.2) is 48.5 Å². The van der Waals surface area contributed by atoms with Crippen molar-refractivity contribution in [3.63, 3.8) is 0 Å². The Morgan fingerprint density at radius 2 is 0.933 bits per heavy atom. The highest BCUT2D eigenvalue weighted by molar-refractivity contribution is 7.34. The largest absolute Gasteiger partial charge is 0.418 e. The van der Waals surface area contributed by atoms with Crippen molar-refractivity contribution in [3.8, 4) is 11.5 Å². The molecule has 2 aromatic carbocycles. The summed E-state index contributed by atoms with van der Waals surface area (Å²) in [6.07, 6.45) is 15.0. The summed E-state index contributed by atoms with van der Waals surface area (Å²) in [5, 5.41) is 0. The zero-order chi connectivity index (χ0) is 21.4. The molecule has 0 aliphatic carbocycles. The van der Waals surface area contributed by atoms with E-state index in [1.807, 2.05) is 24.3 Å². The molecule has 30 heavy (non-hydrogen) atoms. The van der Waals surface area contributed by atoms with Gasteiger partial charge in [-0.05, 0) is 61.1 Å². The molecular formula is C26H39O3P. The van der Waals surface area contributed by atoms with Crippen LogP contribution in [0.5, 0.6) is 11.5 Å². The molecule has 166 valence electrons. The fourth-order valence-corrected chi connectivity index (χ4v) is 4.23. The molecule has 0 aromatic heterocycles. The molecule has 0 N–H and O–H groups in total. The monoisotopic (exact) mass is 430 g/mol. The lowest BCUT2D eigenvalue weighted by Crippen LogP contribution is -1.91. The highest BCUT2D eigenvalue weighted by Crippen LogP contribution is 2.31. The van der Waals surface area contributed by atoms with Gasteiger partial charge in [0.1, 0.15) is 11.5 Å². The molecule has 4 heteroatoms. The van der Waals surface area contributed by atoms with Crippen molar-refractivity contribution in [2.75, 3.05) is 0 Å². The second-order valence-electron chi connectivity index (χ2n) is 8.07. The predicted molar refractivity (Wildman–Crippen MR) is 128 cm³/mol. The first-order chi connectivity index (χ1) is 14.7. The Morgan fingerprint density at radius 1 is 0.567 bits per heavy atom. The van der Waals surface area contributed by atoms with Crippen LogP contribution in [0.25, 0.3) is 0 Å². The molecule has 0 unspecified atom stereocenters.